The Hall–Kier alpha value is -0.330. The number of hydrogen-bond donors (Lipinski definition) is 2. The highest BCUT2D eigenvalue weighted by atomic mass is 35.5. The number of halogens is 2. The van der Waals surface area contributed by atoms with E-state index in [4.69, 9.17) is 11.6 Å². The highest BCUT2D eigenvalue weighted by molar-refractivity contribution is 7.16. The molecule has 0 spiro atoms. The predicted octanol–water partition coefficient (Wildman–Crippen LogP) is 1.73. The molecule has 0 saturated carbocycles. The van der Waals surface area contributed by atoms with Crippen molar-refractivity contribution in [3.05, 3.63) is 21.3 Å². The van der Waals surface area contributed by atoms with Crippen molar-refractivity contribution in [1.82, 2.24) is 15.5 Å². The first-order chi connectivity index (χ1) is 8.74. The molecule has 108 valence electrons. The number of nitrogens with zero attached hydrogens (tertiary/aromatic N) is 1. The molecule has 19 heavy (non-hydrogen) atoms. The van der Waals surface area contributed by atoms with Gasteiger partial charge in [0, 0.05) is 18.0 Å². The highest BCUT2D eigenvalue weighted by Crippen LogP contribution is 2.20. The lowest BCUT2D eigenvalue weighted by molar-refractivity contribution is -0.122. The molecule has 1 saturated heterocycles. The second kappa shape index (κ2) is 8.76. The summed E-state index contributed by atoms with van der Waals surface area (Å²) in [6, 6.07) is 3.80. The molecule has 1 aromatic heterocycles. The fraction of sp³-hybridized carbons (Fsp3) is 0.583. The first kappa shape index (κ1) is 16.7. The molecule has 1 aliphatic heterocycles. The normalized spacial score (nSPS) is 16.5. The molecule has 2 rings (SSSR count). The number of thiophene rings is 1. The summed E-state index contributed by atoms with van der Waals surface area (Å²) in [7, 11) is 0. The third-order valence-electron chi connectivity index (χ3n) is 2.89. The van der Waals surface area contributed by atoms with Gasteiger partial charge < -0.3 is 10.6 Å². The zero-order valence-electron chi connectivity index (χ0n) is 10.7. The van der Waals surface area contributed by atoms with Gasteiger partial charge in [-0.25, -0.2) is 0 Å². The van der Waals surface area contributed by atoms with Crippen LogP contribution in [0.3, 0.4) is 0 Å². The average Bonchev–Trinajstić information content (AvgIpc) is 2.60. The van der Waals surface area contributed by atoms with Gasteiger partial charge in [-0.15, -0.1) is 23.7 Å². The van der Waals surface area contributed by atoms with E-state index in [1.54, 1.807) is 0 Å². The lowest BCUT2D eigenvalue weighted by Gasteiger charge is -2.18. The van der Waals surface area contributed by atoms with Crippen LogP contribution in [0.1, 0.15) is 11.3 Å². The van der Waals surface area contributed by atoms with Crippen LogP contribution in [0.25, 0.3) is 0 Å². The van der Waals surface area contributed by atoms with Crippen molar-refractivity contribution in [2.75, 3.05) is 32.7 Å². The Kier molecular flexibility index (Phi) is 7.71. The van der Waals surface area contributed by atoms with Crippen LogP contribution in [-0.4, -0.2) is 43.5 Å². The van der Waals surface area contributed by atoms with Gasteiger partial charge in [0.25, 0.3) is 0 Å². The number of rotatable bonds is 4. The van der Waals surface area contributed by atoms with Crippen LogP contribution >= 0.6 is 35.3 Å². The first-order valence-corrected chi connectivity index (χ1v) is 7.37. The maximum absolute atomic E-state index is 11.8. The predicted molar refractivity (Wildman–Crippen MR) is 82.4 cm³/mol. The molecule has 0 atom stereocenters. The van der Waals surface area contributed by atoms with Crippen LogP contribution in [0.5, 0.6) is 0 Å². The molecule has 1 aromatic rings. The van der Waals surface area contributed by atoms with Crippen LogP contribution in [0, 0.1) is 0 Å². The number of nitrogens with one attached hydrogen (secondary N) is 2. The van der Waals surface area contributed by atoms with E-state index in [1.807, 2.05) is 12.1 Å². The van der Waals surface area contributed by atoms with Gasteiger partial charge in [0.2, 0.25) is 5.91 Å². The molecule has 0 unspecified atom stereocenters. The van der Waals surface area contributed by atoms with Crippen LogP contribution < -0.4 is 10.6 Å². The summed E-state index contributed by atoms with van der Waals surface area (Å²) in [5.41, 5.74) is 0. The number of carbonyl (C=O) groups is 1. The van der Waals surface area contributed by atoms with Crippen molar-refractivity contribution in [2.24, 2.45) is 0 Å². The SMILES string of the molecule is Cl.O=C(CN1CCCNCC1)NCc1ccc(Cl)s1. The van der Waals surface area contributed by atoms with Gasteiger partial charge in [-0.1, -0.05) is 11.6 Å². The van der Waals surface area contributed by atoms with Crippen LogP contribution in [0.2, 0.25) is 4.34 Å². The van der Waals surface area contributed by atoms with E-state index in [2.05, 4.69) is 15.5 Å². The second-order valence-electron chi connectivity index (χ2n) is 4.36. The Bertz CT molecular complexity index is 392. The van der Waals surface area contributed by atoms with E-state index < -0.39 is 0 Å². The van der Waals surface area contributed by atoms with Gasteiger partial charge in [0.05, 0.1) is 17.4 Å². The lowest BCUT2D eigenvalue weighted by Crippen LogP contribution is -2.38. The Morgan fingerprint density at radius 2 is 2.26 bits per heavy atom. The minimum atomic E-state index is 0. The maximum atomic E-state index is 11.8. The summed E-state index contributed by atoms with van der Waals surface area (Å²) in [6.45, 7) is 5.01. The van der Waals surface area contributed by atoms with Crippen molar-refractivity contribution < 1.29 is 4.79 Å². The number of hydrogen-bond acceptors (Lipinski definition) is 4. The molecule has 2 N–H and O–H groups in total. The standard InChI is InChI=1S/C12H18ClN3OS.ClH/c13-11-3-2-10(18-11)8-15-12(17)9-16-6-1-4-14-5-7-16;/h2-3,14H,1,4-9H2,(H,15,17);1H. The fourth-order valence-corrected chi connectivity index (χ4v) is 2.98. The smallest absolute Gasteiger partial charge is 0.234 e. The zero-order valence-corrected chi connectivity index (χ0v) is 13.0. The third-order valence-corrected chi connectivity index (χ3v) is 4.12. The summed E-state index contributed by atoms with van der Waals surface area (Å²) in [6.07, 6.45) is 1.10. The molecule has 0 bridgehead atoms. The van der Waals surface area contributed by atoms with E-state index in [0.717, 1.165) is 41.8 Å². The summed E-state index contributed by atoms with van der Waals surface area (Å²) < 4.78 is 0.762. The van der Waals surface area contributed by atoms with Crippen LogP contribution in [0.15, 0.2) is 12.1 Å². The monoisotopic (exact) mass is 323 g/mol. The topological polar surface area (TPSA) is 44.4 Å². The molecule has 0 aliphatic carbocycles. The number of amides is 1. The van der Waals surface area contributed by atoms with Gasteiger partial charge in [-0.05, 0) is 31.6 Å². The second-order valence-corrected chi connectivity index (χ2v) is 6.16. The van der Waals surface area contributed by atoms with Crippen molar-refractivity contribution >= 4 is 41.3 Å². The van der Waals surface area contributed by atoms with Crippen molar-refractivity contribution in [3.8, 4) is 0 Å². The van der Waals surface area contributed by atoms with E-state index in [-0.39, 0.29) is 18.3 Å². The molecule has 0 radical (unpaired) electrons. The molecule has 7 heteroatoms. The third kappa shape index (κ3) is 6.10. The minimum Gasteiger partial charge on any atom is -0.350 e. The van der Waals surface area contributed by atoms with Gasteiger partial charge in [0.1, 0.15) is 0 Å². The molecule has 4 nitrogen and oxygen atoms in total. The zero-order chi connectivity index (χ0) is 12.8. The largest absolute Gasteiger partial charge is 0.350 e. The molecule has 1 fully saturated rings. The molecular weight excluding hydrogens is 305 g/mol. The van der Waals surface area contributed by atoms with E-state index in [0.29, 0.717) is 13.1 Å². The number of carbonyl (C=O) groups excluding carboxylic acids is 1. The maximum Gasteiger partial charge on any atom is 0.234 e. The van der Waals surface area contributed by atoms with Crippen molar-refractivity contribution in [1.29, 1.82) is 0 Å². The molecule has 1 amide bonds. The average molecular weight is 324 g/mol. The first-order valence-electron chi connectivity index (χ1n) is 6.18. The molecule has 0 aromatic carbocycles. The Morgan fingerprint density at radius 1 is 1.42 bits per heavy atom. The highest BCUT2D eigenvalue weighted by Gasteiger charge is 2.12. The van der Waals surface area contributed by atoms with Gasteiger partial charge >= 0.3 is 0 Å². The van der Waals surface area contributed by atoms with E-state index in [9.17, 15) is 4.79 Å². The van der Waals surface area contributed by atoms with Crippen LogP contribution in [0.4, 0.5) is 0 Å². The lowest BCUT2D eigenvalue weighted by atomic mass is 10.3. The van der Waals surface area contributed by atoms with Crippen molar-refractivity contribution in [3.63, 3.8) is 0 Å². The molecule has 1 aliphatic rings. The summed E-state index contributed by atoms with van der Waals surface area (Å²) >= 11 is 7.35. The summed E-state index contributed by atoms with van der Waals surface area (Å²) in [4.78, 5) is 15.1. The summed E-state index contributed by atoms with van der Waals surface area (Å²) in [5.74, 6) is 0.0847. The van der Waals surface area contributed by atoms with E-state index in [1.165, 1.54) is 11.3 Å². The van der Waals surface area contributed by atoms with Crippen molar-refractivity contribution in [2.45, 2.75) is 13.0 Å². The Morgan fingerprint density at radius 3 is 3.00 bits per heavy atom. The Balaban J connectivity index is 0.00000180. The molecule has 2 heterocycles. The van der Waals surface area contributed by atoms with Gasteiger partial charge in [-0.2, -0.15) is 0 Å². The molecular formula is C12H19Cl2N3OS. The minimum absolute atomic E-state index is 0. The van der Waals surface area contributed by atoms with Crippen LogP contribution in [-0.2, 0) is 11.3 Å². The van der Waals surface area contributed by atoms with Gasteiger partial charge in [-0.3, -0.25) is 9.69 Å². The Labute approximate surface area is 128 Å². The van der Waals surface area contributed by atoms with Gasteiger partial charge in [0.15, 0.2) is 0 Å². The summed E-state index contributed by atoms with van der Waals surface area (Å²) in [5, 5.41) is 6.26. The fourth-order valence-electron chi connectivity index (χ4n) is 1.95. The van der Waals surface area contributed by atoms with E-state index >= 15 is 0 Å². The quantitative estimate of drug-likeness (QED) is 0.887.